The third-order valence-corrected chi connectivity index (χ3v) is 4.19. The molecule has 2 N–H and O–H groups in total. The van der Waals surface area contributed by atoms with Crippen LogP contribution in [0.1, 0.15) is 29.3 Å². The highest BCUT2D eigenvalue weighted by Crippen LogP contribution is 2.25. The highest BCUT2D eigenvalue weighted by molar-refractivity contribution is 6.22. The molecule has 0 bridgehead atoms. The summed E-state index contributed by atoms with van der Waals surface area (Å²) in [6.45, 7) is 4.30. The number of hydrogen-bond donors (Lipinski definition) is 2. The van der Waals surface area contributed by atoms with E-state index in [0.29, 0.717) is 23.6 Å². The van der Waals surface area contributed by atoms with Crippen LogP contribution in [0, 0.1) is 6.92 Å². The van der Waals surface area contributed by atoms with Crippen LogP contribution in [0.4, 0.5) is 5.69 Å². The maximum atomic E-state index is 12.6. The van der Waals surface area contributed by atoms with Crippen LogP contribution >= 0.6 is 0 Å². The summed E-state index contributed by atoms with van der Waals surface area (Å²) in [7, 11) is 0. The number of anilines is 1. The third-order valence-electron chi connectivity index (χ3n) is 4.19. The zero-order valence-corrected chi connectivity index (χ0v) is 15.2. The molecule has 0 spiro atoms. The quantitative estimate of drug-likeness (QED) is 0.602. The average molecular weight is 367 g/mol. The first-order chi connectivity index (χ1) is 13.0. The van der Waals surface area contributed by atoms with Crippen molar-refractivity contribution in [2.24, 2.45) is 0 Å². The molecule has 1 unspecified atom stereocenters. The number of carbonyl (C=O) groups excluding carboxylic acids is 3. The number of hydrogen-bond acceptors (Lipinski definition) is 5. The normalized spacial score (nSPS) is 16.5. The lowest BCUT2D eigenvalue weighted by Crippen LogP contribution is -2.48. The van der Waals surface area contributed by atoms with Crippen molar-refractivity contribution >= 4 is 23.4 Å². The van der Waals surface area contributed by atoms with Gasteiger partial charge in [0.15, 0.2) is 0 Å². The Bertz CT molecular complexity index is 864. The SMILES string of the molecule is CCOc1ccc(N2C(=O)CC(NNC(=O)c3cccc(C)c3)C2=O)cc1. The molecular formula is C20H21N3O4. The minimum Gasteiger partial charge on any atom is -0.494 e. The van der Waals surface area contributed by atoms with E-state index in [4.69, 9.17) is 4.74 Å². The number of ether oxygens (including phenoxy) is 1. The lowest BCUT2D eigenvalue weighted by atomic mass is 10.1. The first-order valence-electron chi connectivity index (χ1n) is 8.71. The van der Waals surface area contributed by atoms with Crippen LogP contribution in [0.25, 0.3) is 0 Å². The van der Waals surface area contributed by atoms with Gasteiger partial charge in [-0.25, -0.2) is 10.3 Å². The van der Waals surface area contributed by atoms with Gasteiger partial charge in [0, 0.05) is 5.56 Å². The molecule has 1 saturated heterocycles. The molecule has 3 rings (SSSR count). The van der Waals surface area contributed by atoms with E-state index in [-0.39, 0.29) is 18.2 Å². The van der Waals surface area contributed by atoms with E-state index in [9.17, 15) is 14.4 Å². The van der Waals surface area contributed by atoms with Gasteiger partial charge in [-0.2, -0.15) is 0 Å². The lowest BCUT2D eigenvalue weighted by molar-refractivity contribution is -0.121. The Morgan fingerprint density at radius 3 is 2.59 bits per heavy atom. The second-order valence-electron chi connectivity index (χ2n) is 6.22. The smallest absolute Gasteiger partial charge is 0.265 e. The molecule has 0 saturated carbocycles. The van der Waals surface area contributed by atoms with Gasteiger partial charge < -0.3 is 4.74 Å². The summed E-state index contributed by atoms with van der Waals surface area (Å²) in [6, 6.07) is 13.0. The van der Waals surface area contributed by atoms with Gasteiger partial charge in [0.25, 0.3) is 11.8 Å². The Kier molecular flexibility index (Phi) is 5.52. The number of amides is 3. The molecule has 1 aliphatic rings. The Labute approximate surface area is 157 Å². The third kappa shape index (κ3) is 4.15. The number of aryl methyl sites for hydroxylation is 1. The van der Waals surface area contributed by atoms with Gasteiger partial charge in [0.2, 0.25) is 5.91 Å². The van der Waals surface area contributed by atoms with Crippen molar-refractivity contribution in [2.75, 3.05) is 11.5 Å². The van der Waals surface area contributed by atoms with Crippen LogP contribution in [0.5, 0.6) is 5.75 Å². The van der Waals surface area contributed by atoms with Crippen molar-refractivity contribution in [3.63, 3.8) is 0 Å². The molecule has 0 aliphatic carbocycles. The van der Waals surface area contributed by atoms with Gasteiger partial charge in [-0.3, -0.25) is 19.8 Å². The van der Waals surface area contributed by atoms with Gasteiger partial charge in [-0.1, -0.05) is 17.7 Å². The molecule has 140 valence electrons. The highest BCUT2D eigenvalue weighted by atomic mass is 16.5. The number of carbonyl (C=O) groups is 3. The molecule has 1 heterocycles. The van der Waals surface area contributed by atoms with E-state index in [2.05, 4.69) is 10.9 Å². The summed E-state index contributed by atoms with van der Waals surface area (Å²) in [5.74, 6) is -0.431. The summed E-state index contributed by atoms with van der Waals surface area (Å²) in [4.78, 5) is 38.2. The maximum absolute atomic E-state index is 12.6. The summed E-state index contributed by atoms with van der Waals surface area (Å²) >= 11 is 0. The summed E-state index contributed by atoms with van der Waals surface area (Å²) in [6.07, 6.45) is -0.0276. The molecule has 1 fully saturated rings. The van der Waals surface area contributed by atoms with Crippen LogP contribution < -0.4 is 20.5 Å². The van der Waals surface area contributed by atoms with E-state index in [1.54, 1.807) is 42.5 Å². The van der Waals surface area contributed by atoms with Crippen molar-refractivity contribution in [3.05, 3.63) is 59.7 Å². The van der Waals surface area contributed by atoms with Crippen LogP contribution in [0.15, 0.2) is 48.5 Å². The number of benzene rings is 2. The van der Waals surface area contributed by atoms with Crippen LogP contribution in [-0.4, -0.2) is 30.4 Å². The van der Waals surface area contributed by atoms with Crippen molar-refractivity contribution < 1.29 is 19.1 Å². The number of hydrazine groups is 1. The first kappa shape index (κ1) is 18.6. The molecule has 1 atom stereocenters. The molecule has 7 nitrogen and oxygen atoms in total. The van der Waals surface area contributed by atoms with Gasteiger partial charge in [0.1, 0.15) is 11.8 Å². The van der Waals surface area contributed by atoms with Crippen molar-refractivity contribution in [1.82, 2.24) is 10.9 Å². The highest BCUT2D eigenvalue weighted by Gasteiger charge is 2.39. The molecule has 1 aliphatic heterocycles. The lowest BCUT2D eigenvalue weighted by Gasteiger charge is -2.16. The Hall–Kier alpha value is -3.19. The van der Waals surface area contributed by atoms with E-state index < -0.39 is 11.9 Å². The maximum Gasteiger partial charge on any atom is 0.265 e. The van der Waals surface area contributed by atoms with E-state index in [0.717, 1.165) is 10.5 Å². The molecular weight excluding hydrogens is 346 g/mol. The second-order valence-corrected chi connectivity index (χ2v) is 6.22. The minimum absolute atomic E-state index is 0.0276. The van der Waals surface area contributed by atoms with E-state index in [1.807, 2.05) is 19.9 Å². The minimum atomic E-state index is -0.808. The van der Waals surface area contributed by atoms with Crippen molar-refractivity contribution in [2.45, 2.75) is 26.3 Å². The van der Waals surface area contributed by atoms with Crippen molar-refractivity contribution in [3.8, 4) is 5.75 Å². The van der Waals surface area contributed by atoms with Gasteiger partial charge in [-0.05, 0) is 50.2 Å². The topological polar surface area (TPSA) is 87.7 Å². The van der Waals surface area contributed by atoms with E-state index >= 15 is 0 Å². The summed E-state index contributed by atoms with van der Waals surface area (Å²) in [5.41, 5.74) is 7.09. The molecule has 0 radical (unpaired) electrons. The Morgan fingerprint density at radius 2 is 1.93 bits per heavy atom. The van der Waals surface area contributed by atoms with Gasteiger partial charge in [0.05, 0.1) is 18.7 Å². The van der Waals surface area contributed by atoms with Gasteiger partial charge >= 0.3 is 0 Å². The first-order valence-corrected chi connectivity index (χ1v) is 8.71. The Balaban J connectivity index is 1.64. The van der Waals surface area contributed by atoms with Crippen molar-refractivity contribution in [1.29, 1.82) is 0 Å². The number of nitrogens with one attached hydrogen (secondary N) is 2. The predicted octanol–water partition coefficient (Wildman–Crippen LogP) is 1.96. The molecule has 27 heavy (non-hydrogen) atoms. The fourth-order valence-corrected chi connectivity index (χ4v) is 2.89. The number of imide groups is 1. The summed E-state index contributed by atoms with van der Waals surface area (Å²) < 4.78 is 5.37. The van der Waals surface area contributed by atoms with Crippen LogP contribution in [0.3, 0.4) is 0 Å². The number of rotatable bonds is 6. The fourth-order valence-electron chi connectivity index (χ4n) is 2.89. The second kappa shape index (κ2) is 8.01. The average Bonchev–Trinajstić information content (AvgIpc) is 2.94. The molecule has 7 heteroatoms. The zero-order valence-electron chi connectivity index (χ0n) is 15.2. The van der Waals surface area contributed by atoms with Crippen LogP contribution in [-0.2, 0) is 9.59 Å². The Morgan fingerprint density at radius 1 is 1.19 bits per heavy atom. The van der Waals surface area contributed by atoms with Gasteiger partial charge in [-0.15, -0.1) is 0 Å². The number of nitrogens with zero attached hydrogens (tertiary/aromatic N) is 1. The standard InChI is InChI=1S/C20H21N3O4/c1-3-27-16-9-7-15(8-10-16)23-18(24)12-17(20(23)26)21-22-19(25)14-6-4-5-13(2)11-14/h4-11,17,21H,3,12H2,1-2H3,(H,22,25). The molecule has 2 aromatic carbocycles. The molecule has 2 aromatic rings. The molecule has 3 amide bonds. The monoisotopic (exact) mass is 367 g/mol. The molecule has 0 aromatic heterocycles. The summed E-state index contributed by atoms with van der Waals surface area (Å²) in [5, 5.41) is 0. The fraction of sp³-hybridized carbons (Fsp3) is 0.250. The van der Waals surface area contributed by atoms with E-state index in [1.165, 1.54) is 0 Å². The van der Waals surface area contributed by atoms with Crippen LogP contribution in [0.2, 0.25) is 0 Å². The largest absolute Gasteiger partial charge is 0.494 e. The zero-order chi connectivity index (χ0) is 19.4. The predicted molar refractivity (Wildman–Crippen MR) is 100 cm³/mol.